The highest BCUT2D eigenvalue weighted by molar-refractivity contribution is 7.89. The van der Waals surface area contributed by atoms with Gasteiger partial charge in [0.2, 0.25) is 10.0 Å². The third kappa shape index (κ3) is 4.85. The molecule has 6 nitrogen and oxygen atoms in total. The van der Waals surface area contributed by atoms with Crippen molar-refractivity contribution < 1.29 is 17.9 Å². The SMILES string of the molecule is O=C(c1cccc(S(=O)(=O)N2CCOCC2)c1)N(Cc1ccccc1)c1ccccc1. The molecule has 0 spiro atoms. The molecular weight excluding hydrogens is 412 g/mol. The molecule has 0 aliphatic carbocycles. The highest BCUT2D eigenvalue weighted by Gasteiger charge is 2.27. The van der Waals surface area contributed by atoms with Crippen molar-refractivity contribution in [3.8, 4) is 0 Å². The highest BCUT2D eigenvalue weighted by Crippen LogP contribution is 2.23. The van der Waals surface area contributed by atoms with E-state index in [0.29, 0.717) is 38.4 Å². The smallest absolute Gasteiger partial charge is 0.258 e. The van der Waals surface area contributed by atoms with Crippen molar-refractivity contribution >= 4 is 21.6 Å². The maximum atomic E-state index is 13.5. The van der Waals surface area contributed by atoms with E-state index in [0.717, 1.165) is 11.3 Å². The second kappa shape index (κ2) is 9.43. The number of morpholine rings is 1. The van der Waals surface area contributed by atoms with Crippen LogP contribution in [0.15, 0.2) is 89.8 Å². The van der Waals surface area contributed by atoms with Gasteiger partial charge in [0.05, 0.1) is 24.7 Å². The van der Waals surface area contributed by atoms with Gasteiger partial charge in [0.25, 0.3) is 5.91 Å². The van der Waals surface area contributed by atoms with E-state index in [1.165, 1.54) is 16.4 Å². The van der Waals surface area contributed by atoms with Crippen LogP contribution in [-0.4, -0.2) is 44.9 Å². The Balaban J connectivity index is 1.66. The topological polar surface area (TPSA) is 66.9 Å². The van der Waals surface area contributed by atoms with E-state index in [2.05, 4.69) is 0 Å². The standard InChI is InChI=1S/C24H24N2O4S/c27-24(26(22-11-5-2-6-12-22)19-20-8-3-1-4-9-20)21-10-7-13-23(18-21)31(28,29)25-14-16-30-17-15-25/h1-13,18H,14-17,19H2. The summed E-state index contributed by atoms with van der Waals surface area (Å²) in [4.78, 5) is 15.3. The first kappa shape index (κ1) is 21.2. The number of ether oxygens (including phenoxy) is 1. The molecule has 1 fully saturated rings. The van der Waals surface area contributed by atoms with Gasteiger partial charge in [-0.1, -0.05) is 54.6 Å². The third-order valence-electron chi connectivity index (χ3n) is 5.19. The van der Waals surface area contributed by atoms with Crippen LogP contribution in [0.2, 0.25) is 0 Å². The molecule has 0 aromatic heterocycles. The molecule has 1 saturated heterocycles. The lowest BCUT2D eigenvalue weighted by Crippen LogP contribution is -2.40. The zero-order valence-corrected chi connectivity index (χ0v) is 17.9. The Morgan fingerprint density at radius 3 is 2.19 bits per heavy atom. The Bertz CT molecular complexity index is 1130. The zero-order valence-electron chi connectivity index (χ0n) is 17.1. The molecule has 7 heteroatoms. The van der Waals surface area contributed by atoms with Gasteiger partial charge in [-0.05, 0) is 35.9 Å². The largest absolute Gasteiger partial charge is 0.379 e. The normalized spacial score (nSPS) is 14.8. The van der Waals surface area contributed by atoms with E-state index in [-0.39, 0.29) is 10.8 Å². The molecule has 0 unspecified atom stereocenters. The van der Waals surface area contributed by atoms with Crippen molar-refractivity contribution in [3.05, 3.63) is 96.1 Å². The molecule has 0 N–H and O–H groups in total. The molecule has 3 aromatic rings. The number of carbonyl (C=O) groups is 1. The van der Waals surface area contributed by atoms with Gasteiger partial charge < -0.3 is 9.64 Å². The van der Waals surface area contributed by atoms with Gasteiger partial charge in [0, 0.05) is 24.3 Å². The Morgan fingerprint density at radius 1 is 0.871 bits per heavy atom. The average Bonchev–Trinajstić information content (AvgIpc) is 2.84. The minimum atomic E-state index is -3.68. The van der Waals surface area contributed by atoms with Crippen molar-refractivity contribution in [1.29, 1.82) is 0 Å². The number of carbonyl (C=O) groups excluding carboxylic acids is 1. The Morgan fingerprint density at radius 2 is 1.52 bits per heavy atom. The van der Waals surface area contributed by atoms with E-state index < -0.39 is 10.0 Å². The predicted molar refractivity (Wildman–Crippen MR) is 119 cm³/mol. The maximum absolute atomic E-state index is 13.5. The van der Waals surface area contributed by atoms with Crippen LogP contribution in [0.1, 0.15) is 15.9 Å². The van der Waals surface area contributed by atoms with Crippen LogP contribution in [0, 0.1) is 0 Å². The molecule has 1 amide bonds. The summed E-state index contributed by atoms with van der Waals surface area (Å²) in [6.45, 7) is 1.74. The summed E-state index contributed by atoms with van der Waals surface area (Å²) >= 11 is 0. The maximum Gasteiger partial charge on any atom is 0.258 e. The van der Waals surface area contributed by atoms with Crippen LogP contribution in [0.3, 0.4) is 0 Å². The number of amides is 1. The Labute approximate surface area is 182 Å². The van der Waals surface area contributed by atoms with Crippen LogP contribution in [0.5, 0.6) is 0 Å². The van der Waals surface area contributed by atoms with Gasteiger partial charge >= 0.3 is 0 Å². The molecule has 0 saturated carbocycles. The minimum Gasteiger partial charge on any atom is -0.379 e. The van der Waals surface area contributed by atoms with Crippen LogP contribution in [0.25, 0.3) is 0 Å². The van der Waals surface area contributed by atoms with Crippen molar-refractivity contribution in [2.45, 2.75) is 11.4 Å². The van der Waals surface area contributed by atoms with E-state index in [9.17, 15) is 13.2 Å². The highest BCUT2D eigenvalue weighted by atomic mass is 32.2. The number of para-hydroxylation sites is 1. The number of anilines is 1. The molecule has 0 bridgehead atoms. The molecule has 1 aliphatic heterocycles. The predicted octanol–water partition coefficient (Wildman–Crippen LogP) is 3.55. The van der Waals surface area contributed by atoms with Gasteiger partial charge in [0.15, 0.2) is 0 Å². The van der Waals surface area contributed by atoms with Gasteiger partial charge in [-0.2, -0.15) is 4.31 Å². The summed E-state index contributed by atoms with van der Waals surface area (Å²) in [6, 6.07) is 25.4. The molecule has 31 heavy (non-hydrogen) atoms. The van der Waals surface area contributed by atoms with Crippen molar-refractivity contribution in [3.63, 3.8) is 0 Å². The molecule has 0 radical (unpaired) electrons. The lowest BCUT2D eigenvalue weighted by atomic mass is 10.1. The van der Waals surface area contributed by atoms with Crippen LogP contribution in [0.4, 0.5) is 5.69 Å². The summed E-state index contributed by atoms with van der Waals surface area (Å²) in [6.07, 6.45) is 0. The van der Waals surface area contributed by atoms with E-state index in [1.807, 2.05) is 60.7 Å². The lowest BCUT2D eigenvalue weighted by molar-refractivity contribution is 0.0730. The summed E-state index contributed by atoms with van der Waals surface area (Å²) < 4.78 is 32.7. The molecule has 160 valence electrons. The lowest BCUT2D eigenvalue weighted by Gasteiger charge is -2.26. The Kier molecular flexibility index (Phi) is 6.46. The fraction of sp³-hybridized carbons (Fsp3) is 0.208. The van der Waals surface area contributed by atoms with Gasteiger partial charge in [-0.25, -0.2) is 8.42 Å². The van der Waals surface area contributed by atoms with Crippen LogP contribution in [-0.2, 0) is 21.3 Å². The molecule has 4 rings (SSSR count). The molecule has 1 aliphatic rings. The first-order valence-corrected chi connectivity index (χ1v) is 11.6. The van der Waals surface area contributed by atoms with Crippen LogP contribution < -0.4 is 4.90 Å². The molecule has 0 atom stereocenters. The first-order valence-electron chi connectivity index (χ1n) is 10.1. The minimum absolute atomic E-state index is 0.118. The number of hydrogen-bond acceptors (Lipinski definition) is 4. The number of nitrogens with zero attached hydrogens (tertiary/aromatic N) is 2. The molecule has 3 aromatic carbocycles. The summed E-state index contributed by atoms with van der Waals surface area (Å²) in [5.74, 6) is -0.255. The number of hydrogen-bond donors (Lipinski definition) is 0. The van der Waals surface area contributed by atoms with E-state index in [1.54, 1.807) is 17.0 Å². The number of benzene rings is 3. The van der Waals surface area contributed by atoms with E-state index in [4.69, 9.17) is 4.74 Å². The fourth-order valence-corrected chi connectivity index (χ4v) is 4.99. The van der Waals surface area contributed by atoms with Crippen molar-refractivity contribution in [2.24, 2.45) is 0 Å². The first-order chi connectivity index (χ1) is 15.1. The monoisotopic (exact) mass is 436 g/mol. The zero-order chi connectivity index (χ0) is 21.7. The third-order valence-corrected chi connectivity index (χ3v) is 7.08. The fourth-order valence-electron chi connectivity index (χ4n) is 3.54. The summed E-state index contributed by atoms with van der Waals surface area (Å²) in [7, 11) is -3.68. The quantitative estimate of drug-likeness (QED) is 0.593. The second-order valence-corrected chi connectivity index (χ2v) is 9.19. The number of rotatable bonds is 6. The summed E-state index contributed by atoms with van der Waals surface area (Å²) in [5, 5.41) is 0. The van der Waals surface area contributed by atoms with E-state index >= 15 is 0 Å². The Hall–Kier alpha value is -3.00. The average molecular weight is 437 g/mol. The van der Waals surface area contributed by atoms with Gasteiger partial charge in [0.1, 0.15) is 0 Å². The van der Waals surface area contributed by atoms with Crippen molar-refractivity contribution in [1.82, 2.24) is 4.31 Å². The van der Waals surface area contributed by atoms with Gasteiger partial charge in [-0.15, -0.1) is 0 Å². The van der Waals surface area contributed by atoms with Crippen molar-refractivity contribution in [2.75, 3.05) is 31.2 Å². The second-order valence-electron chi connectivity index (χ2n) is 7.26. The molecule has 1 heterocycles. The van der Waals surface area contributed by atoms with Gasteiger partial charge in [-0.3, -0.25) is 4.79 Å². The summed E-state index contributed by atoms with van der Waals surface area (Å²) in [5.41, 5.74) is 2.06. The number of sulfonamides is 1. The van der Waals surface area contributed by atoms with Crippen LogP contribution >= 0.6 is 0 Å². The molecular formula is C24H24N2O4S.